The van der Waals surface area contributed by atoms with Gasteiger partial charge < -0.3 is 49.8 Å². The van der Waals surface area contributed by atoms with Crippen LogP contribution in [0.2, 0.25) is 0 Å². The van der Waals surface area contributed by atoms with E-state index in [1.165, 1.54) is 4.90 Å². The van der Waals surface area contributed by atoms with Gasteiger partial charge >= 0.3 is 0 Å². The van der Waals surface area contributed by atoms with E-state index in [4.69, 9.17) is 14.2 Å². The summed E-state index contributed by atoms with van der Waals surface area (Å²) in [5.41, 5.74) is 10.0. The third-order valence-electron chi connectivity index (χ3n) is 13.6. The molecule has 2 saturated heterocycles. The molecule has 0 bridgehead atoms. The Hall–Kier alpha value is -5.95. The van der Waals surface area contributed by atoms with E-state index in [1.54, 1.807) is 11.3 Å². The van der Waals surface area contributed by atoms with Crippen molar-refractivity contribution in [2.24, 2.45) is 5.41 Å². The Morgan fingerprint density at radius 1 is 0.944 bits per heavy atom. The van der Waals surface area contributed by atoms with Crippen molar-refractivity contribution >= 4 is 34.7 Å². The van der Waals surface area contributed by atoms with Crippen LogP contribution in [-0.2, 0) is 32.2 Å². The van der Waals surface area contributed by atoms with Crippen molar-refractivity contribution in [3.05, 3.63) is 122 Å². The quantitative estimate of drug-likeness (QED) is 0.0374. The number of anilines is 1. The van der Waals surface area contributed by atoms with Gasteiger partial charge in [0.05, 0.1) is 41.4 Å². The number of benzene rings is 3. The van der Waals surface area contributed by atoms with Crippen molar-refractivity contribution < 1.29 is 38.8 Å². The zero-order chi connectivity index (χ0) is 51.7. The second-order valence-electron chi connectivity index (χ2n) is 19.9. The molecular formula is C55H71N7O9S. The summed E-state index contributed by atoms with van der Waals surface area (Å²) in [6.07, 6.45) is -0.212. The maximum absolute atomic E-state index is 14.1. The van der Waals surface area contributed by atoms with Gasteiger partial charge in [-0.25, -0.2) is 4.98 Å². The van der Waals surface area contributed by atoms with Gasteiger partial charge in [0.2, 0.25) is 11.8 Å². The summed E-state index contributed by atoms with van der Waals surface area (Å²) in [6, 6.07) is 19.9. The molecule has 2 aliphatic heterocycles. The summed E-state index contributed by atoms with van der Waals surface area (Å²) in [5, 5.41) is 30.7. The molecule has 0 saturated carbocycles. The smallest absolute Gasteiger partial charge is 0.253 e. The topological polar surface area (TPSA) is 208 Å². The van der Waals surface area contributed by atoms with Crippen molar-refractivity contribution in [2.45, 2.75) is 118 Å². The Morgan fingerprint density at radius 3 is 2.31 bits per heavy atom. The lowest BCUT2D eigenvalue weighted by Gasteiger charge is -2.37. The van der Waals surface area contributed by atoms with E-state index >= 15 is 0 Å². The second kappa shape index (κ2) is 24.2. The van der Waals surface area contributed by atoms with Gasteiger partial charge in [-0.2, -0.15) is 0 Å². The van der Waals surface area contributed by atoms with Gasteiger partial charge in [-0.05, 0) is 117 Å². The fourth-order valence-electron chi connectivity index (χ4n) is 9.61. The lowest BCUT2D eigenvalue weighted by Crippen LogP contribution is -2.59. The van der Waals surface area contributed by atoms with Crippen molar-refractivity contribution in [3.63, 3.8) is 0 Å². The van der Waals surface area contributed by atoms with E-state index in [1.807, 2.05) is 115 Å². The zero-order valence-corrected chi connectivity index (χ0v) is 43.6. The lowest BCUT2D eigenvalue weighted by molar-refractivity contribution is -0.143. The van der Waals surface area contributed by atoms with E-state index in [2.05, 4.69) is 43.8 Å². The highest BCUT2D eigenvalue weighted by Crippen LogP contribution is 2.35. The van der Waals surface area contributed by atoms with Gasteiger partial charge in [0, 0.05) is 74.4 Å². The summed E-state index contributed by atoms with van der Waals surface area (Å²) in [7, 11) is 0. The Labute approximate surface area is 426 Å². The number of aromatic amines is 1. The normalized spacial score (nSPS) is 17.1. The molecule has 0 spiro atoms. The van der Waals surface area contributed by atoms with Gasteiger partial charge in [-0.1, -0.05) is 57.2 Å². The molecule has 2 aromatic heterocycles. The molecular weight excluding hydrogens is 935 g/mol. The van der Waals surface area contributed by atoms with Crippen LogP contribution in [-0.4, -0.2) is 119 Å². The number of pyridine rings is 1. The Kier molecular flexibility index (Phi) is 18.1. The maximum Gasteiger partial charge on any atom is 0.253 e. The number of ether oxygens (including phenoxy) is 3. The molecule has 0 aliphatic carbocycles. The van der Waals surface area contributed by atoms with E-state index in [9.17, 15) is 29.4 Å². The van der Waals surface area contributed by atoms with Crippen molar-refractivity contribution in [1.82, 2.24) is 30.8 Å². The van der Waals surface area contributed by atoms with Crippen molar-refractivity contribution in [1.29, 1.82) is 0 Å². The molecule has 4 atom stereocenters. The first kappa shape index (κ1) is 53.8. The molecule has 1 unspecified atom stereocenters. The standard InChI is InChI=1S/C55H71N7O9S/c1-9-61(41-18-20-69-21-19-41)46-26-40(25-44(35(46)4)51(65)57-29-45-33(2)24-34(3)59-52(45)66)38-14-16-43(17-15-38)71-23-22-70-31-48(64)60-50(55(6,7)8)54(68)62-30-42(63)27-47(62)53(67)56-28-37-10-12-39(13-11-37)49-36(5)58-32-72-49/h10-17,24-26,32,41-42,47-48,50,60,63-64H,9,18-23,27-31H2,1-8H3,(H,56,67)(H,57,65)(H,59,66)/t42-,47+,48?,50-/m1/s1. The van der Waals surface area contributed by atoms with Crippen LogP contribution < -0.4 is 31.1 Å². The summed E-state index contributed by atoms with van der Waals surface area (Å²) in [5.74, 6) is -0.423. The third-order valence-corrected chi connectivity index (χ3v) is 14.5. The van der Waals surface area contributed by atoms with Gasteiger partial charge in [0.25, 0.3) is 11.5 Å². The maximum atomic E-state index is 14.1. The number of aromatic nitrogens is 2. The fourth-order valence-corrected chi connectivity index (χ4v) is 10.4. The van der Waals surface area contributed by atoms with Gasteiger partial charge in [0.1, 0.15) is 24.6 Å². The number of hydrogen-bond donors (Lipinski definition) is 6. The number of H-pyrrole nitrogens is 1. The Morgan fingerprint density at radius 2 is 1.65 bits per heavy atom. The van der Waals surface area contributed by atoms with Crippen LogP contribution in [0, 0.1) is 33.1 Å². The van der Waals surface area contributed by atoms with Gasteiger partial charge in [-0.15, -0.1) is 11.3 Å². The summed E-state index contributed by atoms with van der Waals surface area (Å²) >= 11 is 1.57. The minimum Gasteiger partial charge on any atom is -0.491 e. The number of hydrogen-bond acceptors (Lipinski definition) is 13. The molecule has 2 aliphatic rings. The summed E-state index contributed by atoms with van der Waals surface area (Å²) in [4.78, 5) is 66.5. The van der Waals surface area contributed by atoms with Crippen LogP contribution in [0.25, 0.3) is 21.6 Å². The molecule has 386 valence electrons. The number of thiazole rings is 1. The second-order valence-corrected chi connectivity index (χ2v) is 20.8. The molecule has 2 fully saturated rings. The van der Waals surface area contributed by atoms with Gasteiger partial charge in [0.15, 0.2) is 0 Å². The number of carbonyl (C=O) groups excluding carboxylic acids is 3. The minimum absolute atomic E-state index is 0.00378. The first-order chi connectivity index (χ1) is 34.4. The predicted molar refractivity (Wildman–Crippen MR) is 280 cm³/mol. The van der Waals surface area contributed by atoms with E-state index in [0.717, 1.165) is 74.7 Å². The number of carbonyl (C=O) groups is 3. The average Bonchev–Trinajstić information content (AvgIpc) is 3.97. The molecule has 5 aromatic rings. The lowest BCUT2D eigenvalue weighted by atomic mass is 9.85. The van der Waals surface area contributed by atoms with Crippen LogP contribution in [0.1, 0.15) is 91.0 Å². The molecule has 72 heavy (non-hydrogen) atoms. The van der Waals surface area contributed by atoms with Crippen LogP contribution in [0.15, 0.2) is 77.0 Å². The molecule has 7 rings (SSSR count). The molecule has 16 nitrogen and oxygen atoms in total. The Bertz CT molecular complexity index is 2710. The number of amides is 3. The first-order valence-corrected chi connectivity index (χ1v) is 25.8. The minimum atomic E-state index is -1.22. The molecule has 3 amide bonds. The number of aliphatic hydroxyl groups excluding tert-OH is 2. The summed E-state index contributed by atoms with van der Waals surface area (Å²) in [6.45, 7) is 18.0. The van der Waals surface area contributed by atoms with E-state index in [0.29, 0.717) is 30.1 Å². The van der Waals surface area contributed by atoms with Crippen LogP contribution in [0.3, 0.4) is 0 Å². The molecule has 3 aromatic carbocycles. The number of nitrogens with one attached hydrogen (secondary N) is 4. The number of aliphatic hydroxyl groups is 2. The number of nitrogens with zero attached hydrogens (tertiary/aromatic N) is 3. The highest BCUT2D eigenvalue weighted by Gasteiger charge is 2.44. The Balaban J connectivity index is 0.931. The van der Waals surface area contributed by atoms with E-state index in [-0.39, 0.29) is 69.3 Å². The fraction of sp³-hybridized carbons (Fsp3) is 0.473. The third kappa shape index (κ3) is 13.4. The number of β-amino-alcohol motifs (C(OH)–C–C–N with tert-alkyl or cyclic N) is 1. The molecule has 0 radical (unpaired) electrons. The highest BCUT2D eigenvalue weighted by atomic mass is 32.1. The van der Waals surface area contributed by atoms with Crippen molar-refractivity contribution in [2.75, 3.05) is 51.0 Å². The number of aryl methyl sites for hydroxylation is 3. The largest absolute Gasteiger partial charge is 0.491 e. The van der Waals surface area contributed by atoms with Crippen LogP contribution in [0.4, 0.5) is 5.69 Å². The number of rotatable bonds is 20. The SMILES string of the molecule is CCN(c1cc(-c2ccc(OCCOCC(O)N[C@H](C(=O)N3C[C@H](O)C[C@H]3C(=O)NCc3ccc(-c4scnc4C)cc3)C(C)(C)C)cc2)cc(C(=O)NCc2c(C)cc(C)[nH]c2=O)c1C)C1CCOCC1. The summed E-state index contributed by atoms with van der Waals surface area (Å²) < 4.78 is 17.5. The van der Waals surface area contributed by atoms with Crippen molar-refractivity contribution in [3.8, 4) is 27.3 Å². The van der Waals surface area contributed by atoms with Crippen LogP contribution >= 0.6 is 11.3 Å². The van der Waals surface area contributed by atoms with Crippen LogP contribution in [0.5, 0.6) is 5.75 Å². The number of likely N-dealkylation sites (tertiary alicyclic amines) is 1. The zero-order valence-electron chi connectivity index (χ0n) is 42.8. The molecule has 6 N–H and O–H groups in total. The predicted octanol–water partition coefficient (Wildman–Crippen LogP) is 6.33. The highest BCUT2D eigenvalue weighted by molar-refractivity contribution is 7.13. The van der Waals surface area contributed by atoms with E-state index < -0.39 is 35.7 Å². The van der Waals surface area contributed by atoms with Gasteiger partial charge in [-0.3, -0.25) is 24.5 Å². The monoisotopic (exact) mass is 1010 g/mol. The first-order valence-electron chi connectivity index (χ1n) is 24.9. The average molecular weight is 1010 g/mol. The molecule has 4 heterocycles. The molecule has 17 heteroatoms.